The van der Waals surface area contributed by atoms with Crippen LogP contribution in [0.2, 0.25) is 19.6 Å². The molecule has 266 valence electrons. The van der Waals surface area contributed by atoms with Gasteiger partial charge in [0, 0.05) is 25.4 Å². The van der Waals surface area contributed by atoms with Gasteiger partial charge in [-0.15, -0.1) is 0 Å². The van der Waals surface area contributed by atoms with Gasteiger partial charge in [0.25, 0.3) is 0 Å². The van der Waals surface area contributed by atoms with Crippen molar-refractivity contribution in [1.82, 2.24) is 0 Å². The second-order valence-electron chi connectivity index (χ2n) is 16.2. The summed E-state index contributed by atoms with van der Waals surface area (Å²) in [7, 11) is 2.38. The third kappa shape index (κ3) is 7.64. The summed E-state index contributed by atoms with van der Waals surface area (Å²) < 4.78 is 39.3. The molecular formula is C37H60O9Si. The van der Waals surface area contributed by atoms with Crippen molar-refractivity contribution in [3.05, 3.63) is 35.1 Å². The Morgan fingerprint density at radius 3 is 2.26 bits per heavy atom. The van der Waals surface area contributed by atoms with Gasteiger partial charge in [0.15, 0.2) is 0 Å². The second-order valence-corrected chi connectivity index (χ2v) is 20.6. The molecule has 4 aliphatic rings. The number of carbonyl (C=O) groups is 2. The standard InChI is InChI=1S/C37H60O9Si/c1-23(19-31(46-47(10,11)12)35(3,4)43-22-40-7)24(2)28-15-16-29-27-14-13-25-20-26(44-33(38)41-8)21-32(45-34(39)42-9)37(25,6)30(27)17-18-36(28,29)5/h13-14,19,23-24,26,28-30,32H,15-18,20-22H2,1-12H3/b31-19-/t23-,24-,26-,28-,29+,30+,32+,36-,37+/m1/s1. The molecule has 9 nitrogen and oxygen atoms in total. The molecule has 3 fully saturated rings. The quantitative estimate of drug-likeness (QED) is 0.0920. The maximum atomic E-state index is 12.5. The Morgan fingerprint density at radius 2 is 1.64 bits per heavy atom. The Kier molecular flexibility index (Phi) is 11.4. The van der Waals surface area contributed by atoms with Crippen molar-refractivity contribution in [1.29, 1.82) is 0 Å². The van der Waals surface area contributed by atoms with E-state index in [4.69, 9.17) is 32.8 Å². The van der Waals surface area contributed by atoms with Crippen molar-refractivity contribution < 1.29 is 42.4 Å². The summed E-state index contributed by atoms with van der Waals surface area (Å²) in [6.07, 6.45) is 9.91. The summed E-state index contributed by atoms with van der Waals surface area (Å²) in [5, 5.41) is 0. The van der Waals surface area contributed by atoms with Crippen molar-refractivity contribution >= 4 is 20.6 Å². The number of ether oxygens (including phenoxy) is 6. The zero-order valence-corrected chi connectivity index (χ0v) is 31.9. The first-order valence-corrected chi connectivity index (χ1v) is 20.8. The number of fused-ring (bicyclic) bond motifs is 5. The van der Waals surface area contributed by atoms with E-state index >= 15 is 0 Å². The molecule has 0 unspecified atom stereocenters. The minimum Gasteiger partial charge on any atom is -0.545 e. The first-order valence-electron chi connectivity index (χ1n) is 17.4. The highest BCUT2D eigenvalue weighted by Gasteiger charge is 2.60. The molecule has 0 bridgehead atoms. The highest BCUT2D eigenvalue weighted by Crippen LogP contribution is 2.66. The van der Waals surface area contributed by atoms with Crippen LogP contribution in [0, 0.1) is 40.4 Å². The maximum Gasteiger partial charge on any atom is 0.508 e. The van der Waals surface area contributed by atoms with Crippen molar-refractivity contribution in [2.75, 3.05) is 28.1 Å². The highest BCUT2D eigenvalue weighted by molar-refractivity contribution is 6.70. The number of hydrogen-bond acceptors (Lipinski definition) is 9. The van der Waals surface area contributed by atoms with Crippen molar-refractivity contribution in [3.63, 3.8) is 0 Å². The van der Waals surface area contributed by atoms with Gasteiger partial charge >= 0.3 is 12.3 Å². The van der Waals surface area contributed by atoms with E-state index in [1.54, 1.807) is 7.11 Å². The molecule has 0 aromatic carbocycles. The molecule has 0 radical (unpaired) electrons. The molecule has 9 atom stereocenters. The smallest absolute Gasteiger partial charge is 0.508 e. The Hall–Kier alpha value is -2.30. The van der Waals surface area contributed by atoms with E-state index in [-0.39, 0.29) is 24.0 Å². The van der Waals surface area contributed by atoms with Gasteiger partial charge in [-0.2, -0.15) is 0 Å². The van der Waals surface area contributed by atoms with Crippen molar-refractivity contribution in [2.24, 2.45) is 40.4 Å². The van der Waals surface area contributed by atoms with Crippen LogP contribution in [0.4, 0.5) is 9.59 Å². The van der Waals surface area contributed by atoms with E-state index in [0.717, 1.165) is 30.6 Å². The average Bonchev–Trinajstić information content (AvgIpc) is 3.36. The van der Waals surface area contributed by atoms with Gasteiger partial charge in [0.05, 0.1) is 14.2 Å². The van der Waals surface area contributed by atoms with Crippen LogP contribution in [0.25, 0.3) is 0 Å². The van der Waals surface area contributed by atoms with E-state index < -0.39 is 43.9 Å². The number of rotatable bonds is 11. The molecule has 0 heterocycles. The summed E-state index contributed by atoms with van der Waals surface area (Å²) in [5.41, 5.74) is 1.77. The second kappa shape index (κ2) is 14.3. The molecule has 0 amide bonds. The summed E-state index contributed by atoms with van der Waals surface area (Å²) in [6, 6.07) is 0. The Morgan fingerprint density at radius 1 is 0.979 bits per heavy atom. The number of hydrogen-bond donors (Lipinski definition) is 0. The van der Waals surface area contributed by atoms with Crippen LogP contribution in [-0.4, -0.2) is 66.6 Å². The SMILES string of the molecule is COCOC(C)(C)/C(=C/[C@@H](C)[C@@H](C)[C@H]1CC[C@H]2C3=CC=C4C[C@@H](OC(=O)OC)C[C@H](OC(=O)OC)[C@]4(C)[C@H]3CC[C@]12C)O[Si](C)(C)C. The van der Waals surface area contributed by atoms with Crippen LogP contribution >= 0.6 is 0 Å². The fourth-order valence-electron chi connectivity index (χ4n) is 9.24. The molecule has 10 heteroatoms. The zero-order valence-electron chi connectivity index (χ0n) is 30.9. The molecule has 3 saturated carbocycles. The lowest BCUT2D eigenvalue weighted by Crippen LogP contribution is -2.54. The Balaban J connectivity index is 1.62. The number of carbonyl (C=O) groups excluding carboxylic acids is 2. The largest absolute Gasteiger partial charge is 0.545 e. The third-order valence-corrected chi connectivity index (χ3v) is 12.8. The summed E-state index contributed by atoms with van der Waals surface area (Å²) in [4.78, 5) is 24.5. The lowest BCUT2D eigenvalue weighted by Gasteiger charge is -2.57. The summed E-state index contributed by atoms with van der Waals surface area (Å²) in [6.45, 7) is 20.4. The number of allylic oxidation sites excluding steroid dienone is 4. The maximum absolute atomic E-state index is 12.5. The van der Waals surface area contributed by atoms with Gasteiger partial charge in [-0.25, -0.2) is 9.59 Å². The van der Waals surface area contributed by atoms with E-state index in [9.17, 15) is 9.59 Å². The predicted molar refractivity (Wildman–Crippen MR) is 183 cm³/mol. The normalized spacial score (nSPS) is 33.6. The zero-order chi connectivity index (χ0) is 34.9. The monoisotopic (exact) mass is 676 g/mol. The fourth-order valence-corrected chi connectivity index (χ4v) is 10.2. The lowest BCUT2D eigenvalue weighted by molar-refractivity contribution is -0.109. The van der Waals surface area contributed by atoms with E-state index in [2.05, 4.69) is 79.4 Å². The predicted octanol–water partition coefficient (Wildman–Crippen LogP) is 8.81. The van der Waals surface area contributed by atoms with Crippen LogP contribution in [0.1, 0.15) is 80.1 Å². The Bertz CT molecular complexity index is 1250. The van der Waals surface area contributed by atoms with Crippen LogP contribution in [-0.2, 0) is 32.8 Å². The highest BCUT2D eigenvalue weighted by atomic mass is 28.4. The lowest BCUT2D eigenvalue weighted by atomic mass is 9.49. The average molecular weight is 677 g/mol. The van der Waals surface area contributed by atoms with Crippen molar-refractivity contribution in [2.45, 2.75) is 118 Å². The number of methoxy groups -OCH3 is 3. The van der Waals surface area contributed by atoms with Gasteiger partial charge in [0.2, 0.25) is 8.32 Å². The fraction of sp³-hybridized carbons (Fsp3) is 0.784. The Labute approximate surface area is 283 Å². The molecule has 47 heavy (non-hydrogen) atoms. The van der Waals surface area contributed by atoms with E-state index in [1.165, 1.54) is 26.2 Å². The van der Waals surface area contributed by atoms with Crippen molar-refractivity contribution in [3.8, 4) is 0 Å². The van der Waals surface area contributed by atoms with Gasteiger partial charge in [0.1, 0.15) is 30.4 Å². The van der Waals surface area contributed by atoms with Crippen LogP contribution < -0.4 is 0 Å². The molecule has 0 aliphatic heterocycles. The molecule has 4 rings (SSSR count). The molecule has 0 aromatic heterocycles. The minimum atomic E-state index is -1.89. The third-order valence-electron chi connectivity index (χ3n) is 11.9. The summed E-state index contributed by atoms with van der Waals surface area (Å²) in [5.74, 6) is 2.85. The summed E-state index contributed by atoms with van der Waals surface area (Å²) >= 11 is 0. The first kappa shape index (κ1) is 37.5. The molecule has 0 N–H and O–H groups in total. The molecule has 0 spiro atoms. The molecule has 0 aromatic rings. The molecular weight excluding hydrogens is 616 g/mol. The van der Waals surface area contributed by atoms with Crippen LogP contribution in [0.5, 0.6) is 0 Å². The molecule has 0 saturated heterocycles. The molecule has 4 aliphatic carbocycles. The van der Waals surface area contributed by atoms with E-state index in [1.807, 2.05) is 0 Å². The first-order chi connectivity index (χ1) is 21.9. The van der Waals surface area contributed by atoms with Gasteiger partial charge in [-0.1, -0.05) is 51.0 Å². The minimum absolute atomic E-state index is 0.150. The van der Waals surface area contributed by atoms with Gasteiger partial charge < -0.3 is 32.8 Å². The topological polar surface area (TPSA) is 98.8 Å². The van der Waals surface area contributed by atoms with Gasteiger partial charge in [-0.3, -0.25) is 0 Å². The van der Waals surface area contributed by atoms with Crippen LogP contribution in [0.15, 0.2) is 35.1 Å². The van der Waals surface area contributed by atoms with Crippen LogP contribution in [0.3, 0.4) is 0 Å². The van der Waals surface area contributed by atoms with E-state index in [0.29, 0.717) is 30.6 Å². The van der Waals surface area contributed by atoms with Gasteiger partial charge in [-0.05, 0) is 100 Å².